The molecule has 0 amide bonds. The van der Waals surface area contributed by atoms with Gasteiger partial charge in [0.05, 0.1) is 5.52 Å². The van der Waals surface area contributed by atoms with Crippen molar-refractivity contribution in [1.82, 2.24) is 24.6 Å². The number of anilines is 1. The van der Waals surface area contributed by atoms with Gasteiger partial charge in [0.1, 0.15) is 5.52 Å². The zero-order valence-electron chi connectivity index (χ0n) is 19.8. The average Bonchev–Trinajstić information content (AvgIpc) is 3.16. The van der Waals surface area contributed by atoms with Crippen molar-refractivity contribution in [2.75, 3.05) is 25.0 Å². The summed E-state index contributed by atoms with van der Waals surface area (Å²) >= 11 is 0. The molecule has 2 aromatic heterocycles. The molecule has 6 nitrogen and oxygen atoms in total. The first kappa shape index (κ1) is 21.8. The Morgan fingerprint density at radius 3 is 2.73 bits per heavy atom. The number of nitrogens with one attached hydrogen (secondary N) is 1. The van der Waals surface area contributed by atoms with Gasteiger partial charge in [-0.2, -0.15) is 4.98 Å². The summed E-state index contributed by atoms with van der Waals surface area (Å²) in [5.74, 6) is 0.612. The molecule has 0 spiro atoms. The van der Waals surface area contributed by atoms with E-state index in [-0.39, 0.29) is 0 Å². The highest BCUT2D eigenvalue weighted by atomic mass is 15.3. The first-order valence-electron chi connectivity index (χ1n) is 12.4. The molecule has 1 atom stereocenters. The number of aryl methyl sites for hydroxylation is 1. The zero-order valence-corrected chi connectivity index (χ0v) is 19.8. The van der Waals surface area contributed by atoms with Gasteiger partial charge < -0.3 is 14.8 Å². The van der Waals surface area contributed by atoms with Crippen molar-refractivity contribution in [1.29, 1.82) is 0 Å². The highest BCUT2D eigenvalue weighted by Crippen LogP contribution is 2.27. The molecule has 1 aliphatic rings. The molecular formula is C27H34N6. The largest absolute Gasteiger partial charge is 0.353 e. The second-order valence-electron chi connectivity index (χ2n) is 9.27. The number of fused-ring (bicyclic) bond motifs is 3. The van der Waals surface area contributed by atoms with Crippen LogP contribution in [0, 0.1) is 6.92 Å². The number of nitrogens with zero attached hydrogens (tertiary/aromatic N) is 5. The maximum Gasteiger partial charge on any atom is 0.244 e. The van der Waals surface area contributed by atoms with Gasteiger partial charge in [-0.15, -0.1) is 10.2 Å². The normalized spacial score (nSPS) is 17.1. The summed E-state index contributed by atoms with van der Waals surface area (Å²) < 4.78 is 2.26. The molecule has 2 aromatic carbocycles. The van der Waals surface area contributed by atoms with Crippen molar-refractivity contribution < 1.29 is 0 Å². The third-order valence-corrected chi connectivity index (χ3v) is 6.96. The molecule has 1 unspecified atom stereocenters. The molecule has 4 aromatic rings. The monoisotopic (exact) mass is 442 g/mol. The van der Waals surface area contributed by atoms with Crippen LogP contribution in [0.5, 0.6) is 0 Å². The summed E-state index contributed by atoms with van der Waals surface area (Å²) in [6.45, 7) is 8.42. The maximum atomic E-state index is 4.91. The van der Waals surface area contributed by atoms with Gasteiger partial charge in [0, 0.05) is 31.1 Å². The van der Waals surface area contributed by atoms with Crippen LogP contribution in [-0.4, -0.2) is 50.3 Å². The molecule has 0 saturated carbocycles. The number of piperidine rings is 1. The van der Waals surface area contributed by atoms with E-state index >= 15 is 0 Å². The Hall–Kier alpha value is -2.99. The Labute approximate surface area is 196 Å². The predicted octanol–water partition coefficient (Wildman–Crippen LogP) is 5.40. The van der Waals surface area contributed by atoms with Crippen molar-refractivity contribution in [3.8, 4) is 0 Å². The number of aromatic nitrogens is 4. The van der Waals surface area contributed by atoms with E-state index < -0.39 is 0 Å². The fourth-order valence-electron chi connectivity index (χ4n) is 5.11. The molecule has 1 aliphatic heterocycles. The van der Waals surface area contributed by atoms with Crippen LogP contribution in [0.4, 0.5) is 5.95 Å². The Kier molecular flexibility index (Phi) is 6.53. The van der Waals surface area contributed by atoms with Crippen molar-refractivity contribution >= 4 is 28.0 Å². The topological polar surface area (TPSA) is 58.9 Å². The van der Waals surface area contributed by atoms with Gasteiger partial charge >= 0.3 is 0 Å². The molecular weight excluding hydrogens is 408 g/mol. The molecule has 1 N–H and O–H groups in total. The summed E-state index contributed by atoms with van der Waals surface area (Å²) in [7, 11) is 0. The molecule has 33 heavy (non-hydrogen) atoms. The lowest BCUT2D eigenvalue weighted by molar-refractivity contribution is 0.144. The lowest BCUT2D eigenvalue weighted by Gasteiger charge is -2.35. The van der Waals surface area contributed by atoms with Crippen LogP contribution in [0.25, 0.3) is 22.1 Å². The second-order valence-corrected chi connectivity index (χ2v) is 9.27. The second kappa shape index (κ2) is 9.87. The van der Waals surface area contributed by atoms with Crippen LogP contribution in [0.2, 0.25) is 0 Å². The van der Waals surface area contributed by atoms with Crippen LogP contribution in [0.3, 0.4) is 0 Å². The van der Waals surface area contributed by atoms with E-state index in [4.69, 9.17) is 4.98 Å². The fraction of sp³-hybridized carbons (Fsp3) is 0.444. The van der Waals surface area contributed by atoms with Gasteiger partial charge in [0.2, 0.25) is 5.95 Å². The van der Waals surface area contributed by atoms with Crippen LogP contribution in [0.15, 0.2) is 48.5 Å². The van der Waals surface area contributed by atoms with Gasteiger partial charge in [0.25, 0.3) is 0 Å². The van der Waals surface area contributed by atoms with E-state index in [9.17, 15) is 0 Å². The summed E-state index contributed by atoms with van der Waals surface area (Å²) in [5.41, 5.74) is 5.41. The molecule has 0 bridgehead atoms. The Morgan fingerprint density at radius 2 is 1.88 bits per heavy atom. The molecule has 6 heteroatoms. The SMILES string of the molecule is CCC1CCCCN1CCCNc1nnc2c3ccccc3n(Cc3ccc(C)cc3)c2n1. The molecule has 0 aliphatic carbocycles. The summed E-state index contributed by atoms with van der Waals surface area (Å²) in [4.78, 5) is 7.57. The number of hydrogen-bond acceptors (Lipinski definition) is 5. The third kappa shape index (κ3) is 4.71. The van der Waals surface area contributed by atoms with Gasteiger partial charge in [-0.3, -0.25) is 0 Å². The van der Waals surface area contributed by atoms with Gasteiger partial charge in [-0.05, 0) is 50.8 Å². The van der Waals surface area contributed by atoms with E-state index in [0.29, 0.717) is 5.95 Å². The predicted molar refractivity (Wildman–Crippen MR) is 136 cm³/mol. The maximum absolute atomic E-state index is 4.91. The molecule has 0 radical (unpaired) electrons. The molecule has 172 valence electrons. The highest BCUT2D eigenvalue weighted by molar-refractivity contribution is 6.04. The van der Waals surface area contributed by atoms with Crippen LogP contribution < -0.4 is 5.32 Å². The standard InChI is InChI=1S/C27H34N6/c1-3-22-9-6-7-17-32(22)18-8-16-28-27-29-26-25(30-31-27)23-10-4-5-11-24(23)33(26)19-21-14-12-20(2)13-15-21/h4-5,10-15,22H,3,6-9,16-19H2,1-2H3,(H,28,29,31). The number of para-hydroxylation sites is 1. The minimum atomic E-state index is 0.612. The van der Waals surface area contributed by atoms with Gasteiger partial charge in [0.15, 0.2) is 5.65 Å². The minimum Gasteiger partial charge on any atom is -0.353 e. The average molecular weight is 443 g/mol. The summed E-state index contributed by atoms with van der Waals surface area (Å²) in [6.07, 6.45) is 6.40. The quantitative estimate of drug-likeness (QED) is 0.370. The zero-order chi connectivity index (χ0) is 22.6. The fourth-order valence-corrected chi connectivity index (χ4v) is 5.11. The van der Waals surface area contributed by atoms with E-state index in [2.05, 4.69) is 87.4 Å². The number of likely N-dealkylation sites (tertiary alicyclic amines) is 1. The van der Waals surface area contributed by atoms with Crippen molar-refractivity contribution in [2.24, 2.45) is 0 Å². The van der Waals surface area contributed by atoms with Crippen LogP contribution in [-0.2, 0) is 6.54 Å². The Bertz CT molecular complexity index is 1210. The van der Waals surface area contributed by atoms with Crippen molar-refractivity contribution in [2.45, 2.75) is 58.5 Å². The van der Waals surface area contributed by atoms with E-state index in [1.807, 2.05) is 0 Å². The van der Waals surface area contributed by atoms with Gasteiger partial charge in [-0.1, -0.05) is 61.4 Å². The first-order chi connectivity index (χ1) is 16.2. The lowest BCUT2D eigenvalue weighted by atomic mass is 10.00. The summed E-state index contributed by atoms with van der Waals surface area (Å²) in [6, 6.07) is 17.8. The number of hydrogen-bond donors (Lipinski definition) is 1. The number of rotatable bonds is 8. The first-order valence-corrected chi connectivity index (χ1v) is 12.4. The third-order valence-electron chi connectivity index (χ3n) is 6.96. The molecule has 3 heterocycles. The minimum absolute atomic E-state index is 0.612. The number of benzene rings is 2. The van der Waals surface area contributed by atoms with Crippen molar-refractivity contribution in [3.63, 3.8) is 0 Å². The highest BCUT2D eigenvalue weighted by Gasteiger charge is 2.20. The van der Waals surface area contributed by atoms with Crippen LogP contribution >= 0.6 is 0 Å². The molecule has 1 saturated heterocycles. The van der Waals surface area contributed by atoms with Crippen LogP contribution in [0.1, 0.15) is 50.2 Å². The summed E-state index contributed by atoms with van der Waals surface area (Å²) in [5, 5.41) is 13.5. The van der Waals surface area contributed by atoms with Gasteiger partial charge in [-0.25, -0.2) is 0 Å². The smallest absolute Gasteiger partial charge is 0.244 e. The Balaban J connectivity index is 1.34. The molecule has 1 fully saturated rings. The van der Waals surface area contributed by atoms with E-state index in [1.165, 1.54) is 43.4 Å². The van der Waals surface area contributed by atoms with E-state index in [1.54, 1.807) is 0 Å². The lowest BCUT2D eigenvalue weighted by Crippen LogP contribution is -2.40. The van der Waals surface area contributed by atoms with E-state index in [0.717, 1.165) is 54.2 Å². The Morgan fingerprint density at radius 1 is 1.03 bits per heavy atom. The molecule has 5 rings (SSSR count). The van der Waals surface area contributed by atoms with Crippen molar-refractivity contribution in [3.05, 3.63) is 59.7 Å².